The molecule has 0 radical (unpaired) electrons. The normalized spacial score (nSPS) is 11.5. The third kappa shape index (κ3) is 5.37. The highest BCUT2D eigenvalue weighted by molar-refractivity contribution is 6.30. The fraction of sp³-hybridized carbons (Fsp3) is 0.222. The van der Waals surface area contributed by atoms with Gasteiger partial charge in [-0.3, -0.25) is 4.79 Å². The second-order valence-corrected chi connectivity index (χ2v) is 6.15. The van der Waals surface area contributed by atoms with E-state index >= 15 is 0 Å². The zero-order valence-electron chi connectivity index (χ0n) is 13.5. The van der Waals surface area contributed by atoms with E-state index in [0.29, 0.717) is 22.9 Å². The summed E-state index contributed by atoms with van der Waals surface area (Å²) < 4.78 is 5.79. The van der Waals surface area contributed by atoms with Crippen molar-refractivity contribution in [3.63, 3.8) is 0 Å². The number of carbonyl (C=O) groups is 1. The molecule has 2 aromatic carbocycles. The summed E-state index contributed by atoms with van der Waals surface area (Å²) in [5, 5.41) is 14.1. The van der Waals surface area contributed by atoms with Crippen LogP contribution in [0.2, 0.25) is 5.02 Å². The lowest BCUT2D eigenvalue weighted by Gasteiger charge is -2.13. The van der Waals surface area contributed by atoms with Gasteiger partial charge in [0.2, 0.25) is 0 Å². The topological polar surface area (TPSA) is 70.9 Å². The van der Waals surface area contributed by atoms with Crippen LogP contribution in [0.25, 0.3) is 0 Å². The first-order chi connectivity index (χ1) is 11.4. The number of aliphatic hydroxyl groups is 1. The van der Waals surface area contributed by atoms with E-state index in [-0.39, 0.29) is 0 Å². The maximum absolute atomic E-state index is 11.6. The lowest BCUT2D eigenvalue weighted by atomic mass is 10.1. The molecular weight excluding hydrogens is 328 g/mol. The standard InChI is InChI=1S/C18H19ClN2O3/c1-18(2,23)17(22)21-20-11-14-7-3-4-9-16(14)24-12-13-6-5-8-15(19)10-13/h3-11,23H,12H2,1-2H3,(H,21,22)/b20-11+. The van der Waals surface area contributed by atoms with Crippen LogP contribution in [-0.2, 0) is 11.4 Å². The summed E-state index contributed by atoms with van der Waals surface area (Å²) in [5.74, 6) is 0.0369. The second-order valence-electron chi connectivity index (χ2n) is 5.71. The summed E-state index contributed by atoms with van der Waals surface area (Å²) in [7, 11) is 0. The number of amides is 1. The Morgan fingerprint density at radius 3 is 2.75 bits per heavy atom. The van der Waals surface area contributed by atoms with Crippen LogP contribution in [-0.4, -0.2) is 22.8 Å². The third-order valence-electron chi connectivity index (χ3n) is 3.13. The van der Waals surface area contributed by atoms with Gasteiger partial charge in [-0.25, -0.2) is 5.43 Å². The van der Waals surface area contributed by atoms with Crippen LogP contribution in [0.5, 0.6) is 5.75 Å². The molecule has 0 aliphatic heterocycles. The van der Waals surface area contributed by atoms with Gasteiger partial charge in [0.15, 0.2) is 0 Å². The van der Waals surface area contributed by atoms with Gasteiger partial charge < -0.3 is 9.84 Å². The molecule has 0 fully saturated rings. The van der Waals surface area contributed by atoms with Crippen LogP contribution in [0.3, 0.4) is 0 Å². The minimum atomic E-state index is -1.49. The number of nitrogens with one attached hydrogen (secondary N) is 1. The van der Waals surface area contributed by atoms with E-state index in [2.05, 4.69) is 10.5 Å². The Kier molecular flexibility index (Phi) is 5.95. The van der Waals surface area contributed by atoms with Crippen molar-refractivity contribution in [2.75, 3.05) is 0 Å². The quantitative estimate of drug-likeness (QED) is 0.623. The first-order valence-corrected chi connectivity index (χ1v) is 7.76. The summed E-state index contributed by atoms with van der Waals surface area (Å²) in [4.78, 5) is 11.6. The van der Waals surface area contributed by atoms with Gasteiger partial charge in [0.1, 0.15) is 18.0 Å². The van der Waals surface area contributed by atoms with E-state index < -0.39 is 11.5 Å². The number of nitrogens with zero attached hydrogens (tertiary/aromatic N) is 1. The minimum absolute atomic E-state index is 0.363. The molecule has 0 atom stereocenters. The first kappa shape index (κ1) is 18.0. The molecule has 2 aromatic rings. The van der Waals surface area contributed by atoms with E-state index in [4.69, 9.17) is 16.3 Å². The molecule has 24 heavy (non-hydrogen) atoms. The molecule has 0 saturated heterocycles. The van der Waals surface area contributed by atoms with Gasteiger partial charge in [0, 0.05) is 10.6 Å². The number of benzene rings is 2. The minimum Gasteiger partial charge on any atom is -0.488 e. The molecule has 5 nitrogen and oxygen atoms in total. The first-order valence-electron chi connectivity index (χ1n) is 7.38. The molecule has 126 valence electrons. The van der Waals surface area contributed by atoms with Crippen LogP contribution in [0.1, 0.15) is 25.0 Å². The van der Waals surface area contributed by atoms with E-state index in [9.17, 15) is 9.90 Å². The van der Waals surface area contributed by atoms with Crippen molar-refractivity contribution < 1.29 is 14.6 Å². The highest BCUT2D eigenvalue weighted by atomic mass is 35.5. The number of hydrogen-bond donors (Lipinski definition) is 2. The zero-order valence-corrected chi connectivity index (χ0v) is 14.2. The van der Waals surface area contributed by atoms with Crippen molar-refractivity contribution in [1.82, 2.24) is 5.43 Å². The van der Waals surface area contributed by atoms with E-state index in [1.807, 2.05) is 42.5 Å². The lowest BCUT2D eigenvalue weighted by Crippen LogP contribution is -2.39. The Balaban J connectivity index is 2.03. The fourth-order valence-electron chi connectivity index (χ4n) is 1.80. The highest BCUT2D eigenvalue weighted by Gasteiger charge is 2.22. The molecule has 0 aliphatic carbocycles. The molecule has 0 aliphatic rings. The van der Waals surface area contributed by atoms with Crippen molar-refractivity contribution in [2.24, 2.45) is 5.10 Å². The van der Waals surface area contributed by atoms with Crippen molar-refractivity contribution in [2.45, 2.75) is 26.1 Å². The average Bonchev–Trinajstić information content (AvgIpc) is 2.53. The number of ether oxygens (including phenoxy) is 1. The van der Waals surface area contributed by atoms with Gasteiger partial charge >= 0.3 is 0 Å². The maximum atomic E-state index is 11.6. The molecule has 0 aromatic heterocycles. The van der Waals surface area contributed by atoms with Gasteiger partial charge in [0.25, 0.3) is 5.91 Å². The Bertz CT molecular complexity index is 739. The van der Waals surface area contributed by atoms with Crippen LogP contribution >= 0.6 is 11.6 Å². The Hall–Kier alpha value is -2.37. The number of rotatable bonds is 6. The lowest BCUT2D eigenvalue weighted by molar-refractivity contribution is -0.136. The molecule has 0 spiro atoms. The monoisotopic (exact) mass is 346 g/mol. The third-order valence-corrected chi connectivity index (χ3v) is 3.36. The van der Waals surface area contributed by atoms with Gasteiger partial charge in [-0.15, -0.1) is 0 Å². The molecule has 2 N–H and O–H groups in total. The average molecular weight is 347 g/mol. The SMILES string of the molecule is CC(C)(O)C(=O)N/N=C/c1ccccc1OCc1cccc(Cl)c1. The summed E-state index contributed by atoms with van der Waals surface area (Å²) in [5.41, 5.74) is 2.45. The van der Waals surface area contributed by atoms with Crippen LogP contribution < -0.4 is 10.2 Å². The van der Waals surface area contributed by atoms with E-state index in [1.165, 1.54) is 20.1 Å². The molecule has 6 heteroatoms. The molecule has 1 amide bonds. The molecular formula is C18H19ClN2O3. The van der Waals surface area contributed by atoms with Gasteiger partial charge in [-0.2, -0.15) is 5.10 Å². The molecule has 0 unspecified atom stereocenters. The Morgan fingerprint density at radius 2 is 2.04 bits per heavy atom. The number of halogens is 1. The fourth-order valence-corrected chi connectivity index (χ4v) is 2.02. The van der Waals surface area contributed by atoms with Gasteiger partial charge in [-0.05, 0) is 43.7 Å². The number of hydrazone groups is 1. The van der Waals surface area contributed by atoms with Crippen LogP contribution in [0.15, 0.2) is 53.6 Å². The summed E-state index contributed by atoms with van der Waals surface area (Å²) in [6.07, 6.45) is 1.47. The number of carbonyl (C=O) groups excluding carboxylic acids is 1. The van der Waals surface area contributed by atoms with Gasteiger partial charge in [0.05, 0.1) is 6.21 Å². The Labute approximate surface area is 145 Å². The van der Waals surface area contributed by atoms with Gasteiger partial charge in [-0.1, -0.05) is 35.9 Å². The van der Waals surface area contributed by atoms with Crippen LogP contribution in [0, 0.1) is 0 Å². The smallest absolute Gasteiger partial charge is 0.271 e. The Morgan fingerprint density at radius 1 is 1.29 bits per heavy atom. The maximum Gasteiger partial charge on any atom is 0.271 e. The van der Waals surface area contributed by atoms with Crippen molar-refractivity contribution in [3.8, 4) is 5.75 Å². The van der Waals surface area contributed by atoms with Crippen molar-refractivity contribution >= 4 is 23.7 Å². The predicted octanol–water partition coefficient (Wildman–Crippen LogP) is 3.14. The molecule has 2 rings (SSSR count). The van der Waals surface area contributed by atoms with E-state index in [1.54, 1.807) is 6.07 Å². The zero-order chi connectivity index (χ0) is 17.6. The largest absolute Gasteiger partial charge is 0.488 e. The number of para-hydroxylation sites is 1. The summed E-state index contributed by atoms with van der Waals surface area (Å²) in [6, 6.07) is 14.7. The van der Waals surface area contributed by atoms with Crippen molar-refractivity contribution in [3.05, 3.63) is 64.7 Å². The predicted molar refractivity (Wildman–Crippen MR) is 94.3 cm³/mol. The molecule has 0 bridgehead atoms. The highest BCUT2D eigenvalue weighted by Crippen LogP contribution is 2.18. The second kappa shape index (κ2) is 7.95. The van der Waals surface area contributed by atoms with E-state index in [0.717, 1.165) is 5.56 Å². The molecule has 0 heterocycles. The number of hydrogen-bond acceptors (Lipinski definition) is 4. The molecule has 0 saturated carbocycles. The van der Waals surface area contributed by atoms with Crippen molar-refractivity contribution in [1.29, 1.82) is 0 Å². The summed E-state index contributed by atoms with van der Waals surface area (Å²) in [6.45, 7) is 3.14. The summed E-state index contributed by atoms with van der Waals surface area (Å²) >= 11 is 5.96. The van der Waals surface area contributed by atoms with Crippen LogP contribution in [0.4, 0.5) is 0 Å².